The van der Waals surface area contributed by atoms with Crippen molar-refractivity contribution in [2.24, 2.45) is 0 Å². The lowest BCUT2D eigenvalue weighted by Gasteiger charge is -2.28. The van der Waals surface area contributed by atoms with E-state index in [1.165, 1.54) is 18.2 Å². The fourth-order valence-electron chi connectivity index (χ4n) is 3.20. The molecule has 2 aromatic rings. The predicted octanol–water partition coefficient (Wildman–Crippen LogP) is 3.99. The van der Waals surface area contributed by atoms with Crippen molar-refractivity contribution in [3.63, 3.8) is 0 Å². The minimum atomic E-state index is -4.54. The molecule has 1 heterocycles. The highest BCUT2D eigenvalue weighted by atomic mass is 19.4. The number of carbonyl (C=O) groups is 2. The van der Waals surface area contributed by atoms with Crippen LogP contribution in [-0.2, 0) is 11.0 Å². The normalized spacial score (nSPS) is 13.7. The van der Waals surface area contributed by atoms with Gasteiger partial charge < -0.3 is 10.2 Å². The Hall–Kier alpha value is -4.09. The number of nitro groups is 1. The van der Waals surface area contributed by atoms with Crippen molar-refractivity contribution < 1.29 is 27.7 Å². The molecule has 0 saturated carbocycles. The summed E-state index contributed by atoms with van der Waals surface area (Å²) in [6.45, 7) is 1.13. The summed E-state index contributed by atoms with van der Waals surface area (Å²) in [5.41, 5.74) is 5.03. The molecule has 0 radical (unpaired) electrons. The van der Waals surface area contributed by atoms with E-state index in [9.17, 15) is 32.9 Å². The molecule has 0 atom stereocenters. The summed E-state index contributed by atoms with van der Waals surface area (Å²) >= 11 is 0. The number of rotatable bonds is 5. The first-order valence-electron chi connectivity index (χ1n) is 9.82. The number of alkyl halides is 3. The Morgan fingerprint density at radius 1 is 1.09 bits per heavy atom. The highest BCUT2D eigenvalue weighted by Crippen LogP contribution is 2.30. The minimum Gasteiger partial charge on any atom is -0.367 e. The number of hydrogen-bond acceptors (Lipinski definition) is 5. The number of hydrazine groups is 1. The van der Waals surface area contributed by atoms with Crippen LogP contribution in [0.4, 0.5) is 35.0 Å². The average molecular weight is 463 g/mol. The molecule has 3 amide bonds. The summed E-state index contributed by atoms with van der Waals surface area (Å²) in [6, 6.07) is 9.41. The molecule has 3 N–H and O–H groups in total. The van der Waals surface area contributed by atoms with Gasteiger partial charge in [0.15, 0.2) is 0 Å². The Morgan fingerprint density at radius 3 is 2.42 bits per heavy atom. The number of amides is 3. The van der Waals surface area contributed by atoms with Crippen LogP contribution < -0.4 is 21.1 Å². The van der Waals surface area contributed by atoms with Gasteiger partial charge in [-0.2, -0.15) is 13.2 Å². The van der Waals surface area contributed by atoms with Gasteiger partial charge in [0, 0.05) is 43.0 Å². The molecule has 174 valence electrons. The highest BCUT2D eigenvalue weighted by molar-refractivity contribution is 5.91. The summed E-state index contributed by atoms with van der Waals surface area (Å²) < 4.78 is 38.2. The second-order valence-corrected chi connectivity index (χ2v) is 7.21. The Balaban J connectivity index is 1.44. The van der Waals surface area contributed by atoms with Gasteiger partial charge in [0.25, 0.3) is 5.69 Å². The van der Waals surface area contributed by atoms with Gasteiger partial charge in [0.05, 0.1) is 10.5 Å². The molecule has 0 aliphatic carbocycles. The van der Waals surface area contributed by atoms with E-state index in [1.54, 1.807) is 12.1 Å². The van der Waals surface area contributed by atoms with Crippen molar-refractivity contribution >= 4 is 29.0 Å². The standard InChI is InChI=1S/C21H20F3N5O4/c22-21(23,24)15-2-1-3-16(13-15)25-20(31)27-26-19(30)12-14-8-10-28(11-9-14)17-4-6-18(7-5-17)29(32)33/h1-8,13H,9-12H2,(H,26,30)(H2,25,27,31). The number of hydrogen-bond donors (Lipinski definition) is 3. The Labute approximate surface area is 186 Å². The molecular formula is C21H20F3N5O4. The molecule has 0 bridgehead atoms. The van der Waals surface area contributed by atoms with E-state index in [-0.39, 0.29) is 17.8 Å². The number of non-ortho nitro benzene ring substituents is 1. The fraction of sp³-hybridized carbons (Fsp3) is 0.238. The van der Waals surface area contributed by atoms with E-state index in [2.05, 4.69) is 16.2 Å². The number of benzene rings is 2. The number of urea groups is 1. The first-order valence-corrected chi connectivity index (χ1v) is 9.82. The number of nitrogens with zero attached hydrogens (tertiary/aromatic N) is 2. The molecule has 12 heteroatoms. The topological polar surface area (TPSA) is 117 Å². The second-order valence-electron chi connectivity index (χ2n) is 7.21. The first-order chi connectivity index (χ1) is 15.6. The van der Waals surface area contributed by atoms with Gasteiger partial charge in [0.2, 0.25) is 5.91 Å². The SMILES string of the molecule is O=C(CC1=CCN(c2ccc([N+](=O)[O-])cc2)CC1)NNC(=O)Nc1cccc(C(F)(F)F)c1. The zero-order chi connectivity index (χ0) is 24.0. The summed E-state index contributed by atoms with van der Waals surface area (Å²) in [7, 11) is 0. The van der Waals surface area contributed by atoms with E-state index in [0.717, 1.165) is 29.5 Å². The Kier molecular flexibility index (Phi) is 7.16. The van der Waals surface area contributed by atoms with Crippen LogP contribution in [0.3, 0.4) is 0 Å². The summed E-state index contributed by atoms with van der Waals surface area (Å²) in [6.07, 6.45) is -2.05. The maximum absolute atomic E-state index is 12.7. The maximum atomic E-state index is 12.7. The van der Waals surface area contributed by atoms with Crippen molar-refractivity contribution in [1.82, 2.24) is 10.9 Å². The van der Waals surface area contributed by atoms with E-state index in [4.69, 9.17) is 0 Å². The minimum absolute atomic E-state index is 0.00764. The van der Waals surface area contributed by atoms with Gasteiger partial charge in [-0.3, -0.25) is 20.3 Å². The van der Waals surface area contributed by atoms with E-state index >= 15 is 0 Å². The lowest BCUT2D eigenvalue weighted by atomic mass is 10.0. The van der Waals surface area contributed by atoms with E-state index in [0.29, 0.717) is 19.5 Å². The molecule has 0 aromatic heterocycles. The van der Waals surface area contributed by atoms with Crippen LogP contribution in [0, 0.1) is 10.1 Å². The molecule has 0 fully saturated rings. The zero-order valence-electron chi connectivity index (χ0n) is 17.2. The number of anilines is 2. The first kappa shape index (κ1) is 23.6. The number of nitrogens with one attached hydrogen (secondary N) is 3. The summed E-state index contributed by atoms with van der Waals surface area (Å²) in [5, 5.41) is 13.0. The molecule has 1 aliphatic heterocycles. The van der Waals surface area contributed by atoms with Gasteiger partial charge in [-0.05, 0) is 36.8 Å². The molecule has 0 saturated heterocycles. The third-order valence-electron chi connectivity index (χ3n) is 4.88. The lowest BCUT2D eigenvalue weighted by Crippen LogP contribution is -2.44. The number of halogens is 3. The second kappa shape index (κ2) is 10.0. The summed E-state index contributed by atoms with van der Waals surface area (Å²) in [5.74, 6) is -0.482. The number of nitro benzene ring substituents is 1. The predicted molar refractivity (Wildman–Crippen MR) is 114 cm³/mol. The van der Waals surface area contributed by atoms with E-state index in [1.807, 2.05) is 11.0 Å². The molecule has 2 aromatic carbocycles. The molecule has 0 unspecified atom stereocenters. The molecule has 33 heavy (non-hydrogen) atoms. The van der Waals surface area contributed by atoms with Gasteiger partial charge in [-0.15, -0.1) is 0 Å². The van der Waals surface area contributed by atoms with Crippen molar-refractivity contribution in [1.29, 1.82) is 0 Å². The van der Waals surface area contributed by atoms with Crippen LogP contribution in [0.15, 0.2) is 60.2 Å². The van der Waals surface area contributed by atoms with Gasteiger partial charge in [-0.25, -0.2) is 10.2 Å². The van der Waals surface area contributed by atoms with Crippen molar-refractivity contribution in [3.05, 3.63) is 75.9 Å². The van der Waals surface area contributed by atoms with Crippen LogP contribution in [0.1, 0.15) is 18.4 Å². The van der Waals surface area contributed by atoms with Crippen LogP contribution in [0.5, 0.6) is 0 Å². The fourth-order valence-corrected chi connectivity index (χ4v) is 3.20. The van der Waals surface area contributed by atoms with Crippen LogP contribution in [0.25, 0.3) is 0 Å². The van der Waals surface area contributed by atoms with Crippen molar-refractivity contribution in [3.8, 4) is 0 Å². The Bertz CT molecular complexity index is 1070. The van der Waals surface area contributed by atoms with Gasteiger partial charge in [-0.1, -0.05) is 17.7 Å². The van der Waals surface area contributed by atoms with Crippen LogP contribution >= 0.6 is 0 Å². The molecule has 1 aliphatic rings. The van der Waals surface area contributed by atoms with Crippen molar-refractivity contribution in [2.75, 3.05) is 23.3 Å². The average Bonchev–Trinajstić information content (AvgIpc) is 2.78. The maximum Gasteiger partial charge on any atom is 0.416 e. The van der Waals surface area contributed by atoms with E-state index < -0.39 is 28.6 Å². The molecule has 3 rings (SSSR count). The molecule has 0 spiro atoms. The third-order valence-corrected chi connectivity index (χ3v) is 4.88. The van der Waals surface area contributed by atoms with Crippen molar-refractivity contribution in [2.45, 2.75) is 19.0 Å². The molecule has 9 nitrogen and oxygen atoms in total. The van der Waals surface area contributed by atoms with Gasteiger partial charge in [0.1, 0.15) is 0 Å². The number of carbonyl (C=O) groups excluding carboxylic acids is 2. The Morgan fingerprint density at radius 2 is 1.82 bits per heavy atom. The quantitative estimate of drug-likeness (QED) is 0.352. The van der Waals surface area contributed by atoms with Gasteiger partial charge >= 0.3 is 12.2 Å². The monoisotopic (exact) mass is 463 g/mol. The highest BCUT2D eigenvalue weighted by Gasteiger charge is 2.30. The van der Waals surface area contributed by atoms with Crippen LogP contribution in [-0.4, -0.2) is 30.0 Å². The zero-order valence-corrected chi connectivity index (χ0v) is 17.2. The smallest absolute Gasteiger partial charge is 0.367 e. The lowest BCUT2D eigenvalue weighted by molar-refractivity contribution is -0.384. The largest absolute Gasteiger partial charge is 0.416 e. The van der Waals surface area contributed by atoms with Crippen LogP contribution in [0.2, 0.25) is 0 Å². The molecular weight excluding hydrogens is 443 g/mol. The summed E-state index contributed by atoms with van der Waals surface area (Å²) in [4.78, 5) is 36.2. The third kappa shape index (κ3) is 6.69.